The maximum atomic E-state index is 10.4. The monoisotopic (exact) mass is 197 g/mol. The molecule has 3 heteroatoms. The van der Waals surface area contributed by atoms with Gasteiger partial charge in [-0.2, -0.15) is 0 Å². The van der Waals surface area contributed by atoms with Crippen LogP contribution in [-0.2, 0) is 15.9 Å². The first kappa shape index (κ1) is 10.1. The highest BCUT2D eigenvalue weighted by Gasteiger charge is 2.04. The third-order valence-corrected chi connectivity index (χ3v) is 2.15. The average molecular weight is 197 g/mol. The zero-order chi connectivity index (χ0) is 9.52. The molecule has 0 radical (unpaired) electrons. The summed E-state index contributed by atoms with van der Waals surface area (Å²) in [6, 6.07) is 7.21. The largest absolute Gasteiger partial charge is 0.505 e. The highest BCUT2D eigenvalue weighted by atomic mass is 32.1. The number of unbranched alkanes of at least 4 members (excludes halogenated alkanes) is 1. The maximum absolute atomic E-state index is 10.4. The molecule has 0 saturated carbocycles. The van der Waals surface area contributed by atoms with Crippen molar-refractivity contribution in [2.75, 3.05) is 6.61 Å². The lowest BCUT2D eigenvalue weighted by molar-refractivity contribution is 0.309. The second-order valence-electron chi connectivity index (χ2n) is 2.76. The van der Waals surface area contributed by atoms with E-state index >= 15 is 0 Å². The van der Waals surface area contributed by atoms with E-state index in [4.69, 9.17) is 4.74 Å². The van der Waals surface area contributed by atoms with Gasteiger partial charge in [-0.05, 0) is 18.6 Å². The molecule has 0 bridgehead atoms. The summed E-state index contributed by atoms with van der Waals surface area (Å²) in [7, 11) is 0. The predicted octanol–water partition coefficient (Wildman–Crippen LogP) is 2.65. The van der Waals surface area contributed by atoms with E-state index in [0.717, 1.165) is 30.1 Å². The quantitative estimate of drug-likeness (QED) is 0.536. The molecule has 70 valence electrons. The number of benzene rings is 1. The molecule has 0 N–H and O–H groups in total. The number of hydrogen-bond donors (Lipinski definition) is 0. The zero-order valence-corrected chi connectivity index (χ0v) is 8.47. The Morgan fingerprint density at radius 1 is 1.31 bits per heavy atom. The van der Waals surface area contributed by atoms with Crippen LogP contribution in [0.15, 0.2) is 29.2 Å². The van der Waals surface area contributed by atoms with Crippen LogP contribution in [0.3, 0.4) is 0 Å². The molecule has 0 aliphatic carbocycles. The van der Waals surface area contributed by atoms with Gasteiger partial charge in [-0.3, -0.25) is 0 Å². The lowest BCUT2D eigenvalue weighted by Crippen LogP contribution is -1.95. The second-order valence-corrected chi connectivity index (χ2v) is 3.39. The normalized spacial score (nSPS) is 9.62. The van der Waals surface area contributed by atoms with E-state index in [-0.39, 0.29) is 0 Å². The van der Waals surface area contributed by atoms with Crippen molar-refractivity contribution in [2.24, 2.45) is 0 Å². The van der Waals surface area contributed by atoms with Crippen molar-refractivity contribution in [1.29, 1.82) is 0 Å². The molecule has 0 heterocycles. The Labute approximate surface area is 82.4 Å². The smallest absolute Gasteiger partial charge is 0.494 e. The van der Waals surface area contributed by atoms with E-state index in [1.165, 1.54) is 0 Å². The maximum Gasteiger partial charge on any atom is 0.505 e. The van der Waals surface area contributed by atoms with Crippen LogP contribution in [0, 0.1) is 0 Å². The lowest BCUT2D eigenvalue weighted by Gasteiger charge is -2.02. The van der Waals surface area contributed by atoms with Crippen LogP contribution in [-0.4, -0.2) is 6.61 Å². The Kier molecular flexibility index (Phi) is 4.40. The van der Waals surface area contributed by atoms with Crippen molar-refractivity contribution in [3.63, 3.8) is 0 Å². The molecule has 0 aliphatic heterocycles. The molecule has 1 aromatic carbocycles. The highest BCUT2D eigenvalue weighted by molar-refractivity contribution is 7.65. The van der Waals surface area contributed by atoms with Gasteiger partial charge in [0, 0.05) is 16.3 Å². The molecule has 0 spiro atoms. The molecular weight excluding hydrogens is 184 g/mol. The lowest BCUT2D eigenvalue weighted by atomic mass is 10.3. The predicted molar refractivity (Wildman–Crippen MR) is 53.2 cm³/mol. The van der Waals surface area contributed by atoms with Crippen LogP contribution in [0.5, 0.6) is 5.75 Å². The molecule has 0 aromatic heterocycles. The Morgan fingerprint density at radius 2 is 2.00 bits per heavy atom. The first-order valence-corrected chi connectivity index (χ1v) is 5.13. The minimum absolute atomic E-state index is 0.500. The third-order valence-electron chi connectivity index (χ3n) is 1.69. The van der Waals surface area contributed by atoms with Gasteiger partial charge in [-0.1, -0.05) is 13.3 Å². The van der Waals surface area contributed by atoms with Gasteiger partial charge in [0.05, 0.1) is 6.61 Å². The number of hydrogen-bond acceptors (Lipinski definition) is 2. The fourth-order valence-electron chi connectivity index (χ4n) is 0.926. The minimum Gasteiger partial charge on any atom is -0.494 e. The van der Waals surface area contributed by atoms with Gasteiger partial charge in [0.25, 0.3) is 4.90 Å². The van der Waals surface area contributed by atoms with Crippen molar-refractivity contribution in [3.05, 3.63) is 24.3 Å². The van der Waals surface area contributed by atoms with Crippen LogP contribution in [0.25, 0.3) is 0 Å². The Morgan fingerprint density at radius 3 is 2.54 bits per heavy atom. The van der Waals surface area contributed by atoms with Crippen molar-refractivity contribution < 1.29 is 8.95 Å². The van der Waals surface area contributed by atoms with E-state index < -0.39 is 0 Å². The Bertz CT molecular complexity index is 256. The molecular formula is C10H13O2S+. The molecule has 0 atom stereocenters. The second kappa shape index (κ2) is 5.65. The van der Waals surface area contributed by atoms with Crippen LogP contribution in [0.2, 0.25) is 0 Å². The van der Waals surface area contributed by atoms with Gasteiger partial charge >= 0.3 is 11.7 Å². The van der Waals surface area contributed by atoms with Crippen molar-refractivity contribution >= 4 is 11.7 Å². The fourth-order valence-corrected chi connectivity index (χ4v) is 1.17. The summed E-state index contributed by atoms with van der Waals surface area (Å²) < 4.78 is 15.8. The van der Waals surface area contributed by atoms with Gasteiger partial charge < -0.3 is 4.74 Å². The van der Waals surface area contributed by atoms with Crippen molar-refractivity contribution in [2.45, 2.75) is 24.7 Å². The summed E-state index contributed by atoms with van der Waals surface area (Å²) in [4.78, 5) is 0.725. The first-order chi connectivity index (χ1) is 6.36. The summed E-state index contributed by atoms with van der Waals surface area (Å²) in [6.07, 6.45) is 2.20. The fraction of sp³-hybridized carbons (Fsp3) is 0.400. The van der Waals surface area contributed by atoms with Gasteiger partial charge in [0.15, 0.2) is 0 Å². The standard InChI is InChI=1S/C10H13O2S/c1-2-3-8-12-9-4-6-10(13-11)7-5-9/h4-7H,2-3,8H2,1H3/q+1. The van der Waals surface area contributed by atoms with E-state index in [1.54, 1.807) is 12.1 Å². The molecule has 1 aromatic rings. The van der Waals surface area contributed by atoms with Crippen molar-refractivity contribution in [1.82, 2.24) is 0 Å². The first-order valence-electron chi connectivity index (χ1n) is 4.39. The molecule has 2 nitrogen and oxygen atoms in total. The molecule has 0 unspecified atom stereocenters. The number of ether oxygens (including phenoxy) is 1. The molecule has 0 fully saturated rings. The minimum atomic E-state index is 0.500. The summed E-state index contributed by atoms with van der Waals surface area (Å²) in [5, 5.41) is 0. The number of rotatable bonds is 5. The summed E-state index contributed by atoms with van der Waals surface area (Å²) >= 11 is 0.500. The molecule has 13 heavy (non-hydrogen) atoms. The molecule has 0 saturated heterocycles. The van der Waals surface area contributed by atoms with E-state index in [9.17, 15) is 4.21 Å². The average Bonchev–Trinajstić information content (AvgIpc) is 2.19. The van der Waals surface area contributed by atoms with Crippen LogP contribution in [0.4, 0.5) is 0 Å². The Balaban J connectivity index is 2.44. The summed E-state index contributed by atoms with van der Waals surface area (Å²) in [5.74, 6) is 0.839. The highest BCUT2D eigenvalue weighted by Crippen LogP contribution is 2.12. The van der Waals surface area contributed by atoms with Crippen LogP contribution in [0.1, 0.15) is 19.8 Å². The zero-order valence-electron chi connectivity index (χ0n) is 7.66. The SMILES string of the molecule is CCCCOc1ccc([S+]=O)cc1. The van der Waals surface area contributed by atoms with Gasteiger partial charge in [0.2, 0.25) is 0 Å². The molecule has 0 amide bonds. The summed E-state index contributed by atoms with van der Waals surface area (Å²) in [5.41, 5.74) is 0. The third kappa shape index (κ3) is 3.51. The topological polar surface area (TPSA) is 26.3 Å². The Hall–Kier alpha value is -0.960. The van der Waals surface area contributed by atoms with Gasteiger partial charge in [-0.25, -0.2) is 0 Å². The van der Waals surface area contributed by atoms with Crippen molar-refractivity contribution in [3.8, 4) is 5.75 Å². The van der Waals surface area contributed by atoms with E-state index in [2.05, 4.69) is 6.92 Å². The molecule has 0 aliphatic rings. The summed E-state index contributed by atoms with van der Waals surface area (Å²) in [6.45, 7) is 2.88. The van der Waals surface area contributed by atoms with Crippen LogP contribution >= 0.6 is 0 Å². The van der Waals surface area contributed by atoms with E-state index in [0.29, 0.717) is 11.7 Å². The van der Waals surface area contributed by atoms with E-state index in [1.807, 2.05) is 12.1 Å². The molecule has 1 rings (SSSR count). The van der Waals surface area contributed by atoms with Gasteiger partial charge in [-0.15, -0.1) is 0 Å². The van der Waals surface area contributed by atoms with Crippen LogP contribution < -0.4 is 4.74 Å². The van der Waals surface area contributed by atoms with Gasteiger partial charge in [0.1, 0.15) is 5.75 Å².